The lowest BCUT2D eigenvalue weighted by Crippen LogP contribution is -2.43. The van der Waals surface area contributed by atoms with Crippen molar-refractivity contribution in [2.45, 2.75) is 51.7 Å². The number of benzene rings is 1. The molecule has 1 rings (SSSR count). The van der Waals surface area contributed by atoms with E-state index in [2.05, 4.69) is 19.2 Å². The van der Waals surface area contributed by atoms with Gasteiger partial charge in [-0.15, -0.1) is 0 Å². The lowest BCUT2D eigenvalue weighted by molar-refractivity contribution is 0.0606. The van der Waals surface area contributed by atoms with Crippen molar-refractivity contribution < 1.29 is 9.13 Å². The average molecular weight is 267 g/mol. The van der Waals surface area contributed by atoms with Crippen LogP contribution < -0.4 is 5.32 Å². The van der Waals surface area contributed by atoms with E-state index < -0.39 is 0 Å². The minimum absolute atomic E-state index is 0.128. The van der Waals surface area contributed by atoms with Crippen LogP contribution in [0.4, 0.5) is 4.39 Å². The third-order valence-corrected chi connectivity index (χ3v) is 3.38. The van der Waals surface area contributed by atoms with E-state index in [1.807, 2.05) is 12.1 Å². The summed E-state index contributed by atoms with van der Waals surface area (Å²) in [6.07, 6.45) is 3.93. The van der Waals surface area contributed by atoms with E-state index in [1.54, 1.807) is 13.2 Å². The van der Waals surface area contributed by atoms with Crippen LogP contribution in [0.15, 0.2) is 24.3 Å². The topological polar surface area (TPSA) is 21.3 Å². The molecule has 0 aliphatic carbocycles. The normalized spacial score (nSPS) is 14.3. The fourth-order valence-electron chi connectivity index (χ4n) is 2.33. The van der Waals surface area contributed by atoms with Gasteiger partial charge in [0.2, 0.25) is 0 Å². The molecular formula is C16H26FNO. The summed E-state index contributed by atoms with van der Waals surface area (Å²) in [5.74, 6) is -0.128. The summed E-state index contributed by atoms with van der Waals surface area (Å²) in [6, 6.07) is 7.16. The fourth-order valence-corrected chi connectivity index (χ4v) is 2.33. The molecule has 0 saturated heterocycles. The molecule has 0 bridgehead atoms. The summed E-state index contributed by atoms with van der Waals surface area (Å²) in [4.78, 5) is 0. The zero-order valence-electron chi connectivity index (χ0n) is 12.3. The third kappa shape index (κ3) is 5.29. The molecule has 1 aromatic rings. The van der Waals surface area contributed by atoms with Crippen molar-refractivity contribution in [3.63, 3.8) is 0 Å². The Balaban J connectivity index is 2.75. The van der Waals surface area contributed by atoms with Crippen LogP contribution >= 0.6 is 0 Å². The quantitative estimate of drug-likeness (QED) is 0.739. The predicted octanol–water partition coefficient (Wildman–Crippen LogP) is 3.55. The maximum Gasteiger partial charge on any atom is 0.126 e. The molecule has 2 unspecified atom stereocenters. The predicted molar refractivity (Wildman–Crippen MR) is 77.9 cm³/mol. The molecule has 19 heavy (non-hydrogen) atoms. The second-order valence-corrected chi connectivity index (χ2v) is 4.92. The third-order valence-electron chi connectivity index (χ3n) is 3.38. The highest BCUT2D eigenvalue weighted by Gasteiger charge is 2.21. The first kappa shape index (κ1) is 16.1. The van der Waals surface area contributed by atoms with Crippen LogP contribution in [0.25, 0.3) is 0 Å². The molecule has 0 spiro atoms. The molecule has 2 nitrogen and oxygen atoms in total. The molecule has 0 amide bonds. The molecule has 2 atom stereocenters. The highest BCUT2D eigenvalue weighted by Crippen LogP contribution is 2.15. The summed E-state index contributed by atoms with van der Waals surface area (Å²) in [7, 11) is 1.74. The Morgan fingerprint density at radius 3 is 2.53 bits per heavy atom. The van der Waals surface area contributed by atoms with Gasteiger partial charge in [-0.1, -0.05) is 38.5 Å². The standard InChI is InChI=1S/C16H26FNO/c1-4-8-16(19-3)15(18-11-5-2)12-13-9-6-7-10-14(13)17/h6-7,9-10,15-16,18H,4-5,8,11-12H2,1-3H3. The number of ether oxygens (including phenoxy) is 1. The number of rotatable bonds is 9. The Hall–Kier alpha value is -0.930. The molecule has 0 aliphatic heterocycles. The van der Waals surface area contributed by atoms with Crippen LogP contribution in [0, 0.1) is 5.82 Å². The second kappa shape index (κ2) is 9.05. The molecule has 0 heterocycles. The van der Waals surface area contributed by atoms with Crippen LogP contribution in [0.5, 0.6) is 0 Å². The molecule has 0 fully saturated rings. The lowest BCUT2D eigenvalue weighted by Gasteiger charge is -2.27. The first-order valence-electron chi connectivity index (χ1n) is 7.22. The van der Waals surface area contributed by atoms with Crippen molar-refractivity contribution in [1.29, 1.82) is 0 Å². The van der Waals surface area contributed by atoms with Gasteiger partial charge in [0.1, 0.15) is 5.82 Å². The zero-order chi connectivity index (χ0) is 14.1. The molecule has 108 valence electrons. The summed E-state index contributed by atoms with van der Waals surface area (Å²) in [5, 5.41) is 3.49. The largest absolute Gasteiger partial charge is 0.380 e. The van der Waals surface area contributed by atoms with Crippen molar-refractivity contribution in [3.05, 3.63) is 35.6 Å². The Kier molecular flexibility index (Phi) is 7.68. The second-order valence-electron chi connectivity index (χ2n) is 4.92. The molecule has 0 aliphatic rings. The van der Waals surface area contributed by atoms with Gasteiger partial charge < -0.3 is 10.1 Å². The highest BCUT2D eigenvalue weighted by atomic mass is 19.1. The van der Waals surface area contributed by atoms with Gasteiger partial charge in [-0.3, -0.25) is 0 Å². The van der Waals surface area contributed by atoms with E-state index in [-0.39, 0.29) is 18.0 Å². The van der Waals surface area contributed by atoms with Gasteiger partial charge in [-0.05, 0) is 37.4 Å². The van der Waals surface area contributed by atoms with Crippen LogP contribution in [-0.2, 0) is 11.2 Å². The van der Waals surface area contributed by atoms with Crippen molar-refractivity contribution >= 4 is 0 Å². The summed E-state index contributed by atoms with van der Waals surface area (Å²) >= 11 is 0. The Labute approximate surface area is 116 Å². The first-order chi connectivity index (χ1) is 9.22. The van der Waals surface area contributed by atoms with E-state index in [4.69, 9.17) is 4.74 Å². The van der Waals surface area contributed by atoms with E-state index >= 15 is 0 Å². The minimum atomic E-state index is -0.128. The SMILES string of the molecule is CCCNC(Cc1ccccc1F)C(CCC)OC. The van der Waals surface area contributed by atoms with Crippen molar-refractivity contribution in [1.82, 2.24) is 5.32 Å². The number of halogens is 1. The highest BCUT2D eigenvalue weighted by molar-refractivity contribution is 5.18. The average Bonchev–Trinajstić information content (AvgIpc) is 2.43. The van der Waals surface area contributed by atoms with E-state index in [9.17, 15) is 4.39 Å². The van der Waals surface area contributed by atoms with Gasteiger partial charge in [0.15, 0.2) is 0 Å². The fraction of sp³-hybridized carbons (Fsp3) is 0.625. The van der Waals surface area contributed by atoms with Gasteiger partial charge >= 0.3 is 0 Å². The first-order valence-corrected chi connectivity index (χ1v) is 7.22. The maximum atomic E-state index is 13.8. The number of hydrogen-bond acceptors (Lipinski definition) is 2. The van der Waals surface area contributed by atoms with Crippen LogP contribution in [0.1, 0.15) is 38.7 Å². The molecule has 0 saturated carbocycles. The van der Waals surface area contributed by atoms with Crippen molar-refractivity contribution in [3.8, 4) is 0 Å². The van der Waals surface area contributed by atoms with Gasteiger partial charge in [-0.25, -0.2) is 4.39 Å². The summed E-state index contributed by atoms with van der Waals surface area (Å²) in [6.45, 7) is 5.21. The van der Waals surface area contributed by atoms with Crippen LogP contribution in [0.3, 0.4) is 0 Å². The molecule has 0 radical (unpaired) electrons. The maximum absolute atomic E-state index is 13.8. The van der Waals surface area contributed by atoms with Gasteiger partial charge in [0, 0.05) is 13.2 Å². The van der Waals surface area contributed by atoms with Gasteiger partial charge in [-0.2, -0.15) is 0 Å². The zero-order valence-corrected chi connectivity index (χ0v) is 12.3. The van der Waals surface area contributed by atoms with Crippen LogP contribution in [-0.4, -0.2) is 25.8 Å². The summed E-state index contributed by atoms with van der Waals surface area (Å²) < 4.78 is 19.3. The van der Waals surface area contributed by atoms with E-state index in [0.717, 1.165) is 31.4 Å². The number of hydrogen-bond donors (Lipinski definition) is 1. The molecule has 3 heteroatoms. The van der Waals surface area contributed by atoms with E-state index in [0.29, 0.717) is 6.42 Å². The monoisotopic (exact) mass is 267 g/mol. The number of nitrogens with one attached hydrogen (secondary N) is 1. The lowest BCUT2D eigenvalue weighted by atomic mass is 9.97. The van der Waals surface area contributed by atoms with Gasteiger partial charge in [0.25, 0.3) is 0 Å². The van der Waals surface area contributed by atoms with Crippen molar-refractivity contribution in [2.24, 2.45) is 0 Å². The Morgan fingerprint density at radius 1 is 1.21 bits per heavy atom. The molecular weight excluding hydrogens is 241 g/mol. The van der Waals surface area contributed by atoms with Crippen molar-refractivity contribution in [2.75, 3.05) is 13.7 Å². The summed E-state index contributed by atoms with van der Waals surface area (Å²) in [5.41, 5.74) is 0.759. The Bertz CT molecular complexity index is 356. The molecule has 1 N–H and O–H groups in total. The van der Waals surface area contributed by atoms with E-state index in [1.165, 1.54) is 6.07 Å². The molecule has 1 aromatic carbocycles. The molecule has 0 aromatic heterocycles. The number of methoxy groups -OCH3 is 1. The van der Waals surface area contributed by atoms with Crippen LogP contribution in [0.2, 0.25) is 0 Å². The smallest absolute Gasteiger partial charge is 0.126 e. The Morgan fingerprint density at radius 2 is 1.95 bits per heavy atom. The minimum Gasteiger partial charge on any atom is -0.380 e. The van der Waals surface area contributed by atoms with Gasteiger partial charge in [0.05, 0.1) is 6.10 Å².